The molecule has 0 spiro atoms. The van der Waals surface area contributed by atoms with Crippen molar-refractivity contribution in [2.45, 2.75) is 13.8 Å². The third-order valence-electron chi connectivity index (χ3n) is 2.51. The summed E-state index contributed by atoms with van der Waals surface area (Å²) in [5.41, 5.74) is 2.00. The van der Waals surface area contributed by atoms with E-state index < -0.39 is 18.4 Å². The fraction of sp³-hybridized carbons (Fsp3) is 0.231. The molecule has 0 aliphatic rings. The standard InChI is InChI=1S/C13H12FNO3/c1-7-3-9(14)5-10-11(18-6-12(16)17)4-8(2)15-13(7)10/h3-5H,6H2,1-2H3,(H,16,17). The Kier molecular flexibility index (Phi) is 3.14. The first-order valence-corrected chi connectivity index (χ1v) is 5.39. The molecule has 0 fully saturated rings. The van der Waals surface area contributed by atoms with Gasteiger partial charge in [0.1, 0.15) is 11.6 Å². The van der Waals surface area contributed by atoms with Crippen molar-refractivity contribution in [3.63, 3.8) is 0 Å². The number of carboxylic acids is 1. The van der Waals surface area contributed by atoms with Gasteiger partial charge in [-0.3, -0.25) is 4.98 Å². The Morgan fingerprint density at radius 1 is 1.39 bits per heavy atom. The SMILES string of the molecule is Cc1cc(OCC(=O)O)c2cc(F)cc(C)c2n1. The van der Waals surface area contributed by atoms with Crippen LogP contribution in [0.1, 0.15) is 11.3 Å². The first kappa shape index (κ1) is 12.3. The summed E-state index contributed by atoms with van der Waals surface area (Å²) in [6.07, 6.45) is 0. The van der Waals surface area contributed by atoms with Crippen LogP contribution in [0.5, 0.6) is 5.75 Å². The largest absolute Gasteiger partial charge is 0.481 e. The Morgan fingerprint density at radius 3 is 2.78 bits per heavy atom. The van der Waals surface area contributed by atoms with Crippen LogP contribution in [-0.2, 0) is 4.79 Å². The van der Waals surface area contributed by atoms with E-state index >= 15 is 0 Å². The van der Waals surface area contributed by atoms with E-state index in [1.165, 1.54) is 12.1 Å². The van der Waals surface area contributed by atoms with Crippen LogP contribution < -0.4 is 4.74 Å². The summed E-state index contributed by atoms with van der Waals surface area (Å²) in [6.45, 7) is 3.06. The molecule has 18 heavy (non-hydrogen) atoms. The van der Waals surface area contributed by atoms with E-state index in [0.29, 0.717) is 27.9 Å². The summed E-state index contributed by atoms with van der Waals surface area (Å²) in [4.78, 5) is 14.8. The van der Waals surface area contributed by atoms with Crippen LogP contribution in [0.4, 0.5) is 4.39 Å². The molecule has 1 aromatic carbocycles. The molecular formula is C13H12FNO3. The molecule has 0 aliphatic carbocycles. The topological polar surface area (TPSA) is 59.4 Å². The number of rotatable bonds is 3. The fourth-order valence-electron chi connectivity index (χ4n) is 1.81. The van der Waals surface area contributed by atoms with Crippen molar-refractivity contribution in [1.82, 2.24) is 4.98 Å². The number of benzene rings is 1. The lowest BCUT2D eigenvalue weighted by Crippen LogP contribution is -2.10. The van der Waals surface area contributed by atoms with Crippen molar-refractivity contribution >= 4 is 16.9 Å². The molecule has 0 atom stereocenters. The number of carbonyl (C=O) groups is 1. The maximum absolute atomic E-state index is 13.4. The van der Waals surface area contributed by atoms with E-state index in [4.69, 9.17) is 9.84 Å². The normalized spacial score (nSPS) is 10.6. The molecule has 0 saturated heterocycles. The lowest BCUT2D eigenvalue weighted by Gasteiger charge is -2.10. The van der Waals surface area contributed by atoms with E-state index in [0.717, 1.165) is 0 Å². The van der Waals surface area contributed by atoms with Crippen LogP contribution in [0.25, 0.3) is 10.9 Å². The summed E-state index contributed by atoms with van der Waals surface area (Å²) < 4.78 is 18.5. The average Bonchev–Trinajstić information content (AvgIpc) is 2.27. The summed E-state index contributed by atoms with van der Waals surface area (Å²) in [6, 6.07) is 4.28. The monoisotopic (exact) mass is 249 g/mol. The highest BCUT2D eigenvalue weighted by molar-refractivity contribution is 5.88. The van der Waals surface area contributed by atoms with Gasteiger partial charge in [-0.2, -0.15) is 0 Å². The summed E-state index contributed by atoms with van der Waals surface area (Å²) >= 11 is 0. The molecule has 5 heteroatoms. The Bertz CT molecular complexity index is 625. The molecule has 4 nitrogen and oxygen atoms in total. The summed E-state index contributed by atoms with van der Waals surface area (Å²) in [7, 11) is 0. The number of aromatic nitrogens is 1. The predicted octanol–water partition coefficient (Wildman–Crippen LogP) is 2.45. The van der Waals surface area contributed by atoms with Gasteiger partial charge in [0, 0.05) is 17.1 Å². The number of aliphatic carboxylic acids is 1. The number of ether oxygens (including phenoxy) is 1. The van der Waals surface area contributed by atoms with Crippen molar-refractivity contribution in [3.05, 3.63) is 35.3 Å². The zero-order valence-electron chi connectivity index (χ0n) is 10.0. The lowest BCUT2D eigenvalue weighted by molar-refractivity contribution is -0.139. The van der Waals surface area contributed by atoms with Gasteiger partial charge in [-0.1, -0.05) is 0 Å². The van der Waals surface area contributed by atoms with E-state index in [2.05, 4.69) is 4.98 Å². The van der Waals surface area contributed by atoms with Gasteiger partial charge >= 0.3 is 5.97 Å². The molecule has 0 unspecified atom stereocenters. The van der Waals surface area contributed by atoms with E-state index in [1.54, 1.807) is 19.9 Å². The van der Waals surface area contributed by atoms with Gasteiger partial charge in [-0.25, -0.2) is 9.18 Å². The third kappa shape index (κ3) is 2.40. The highest BCUT2D eigenvalue weighted by atomic mass is 19.1. The van der Waals surface area contributed by atoms with Crippen LogP contribution in [0, 0.1) is 19.7 Å². The Balaban J connectivity index is 2.60. The van der Waals surface area contributed by atoms with Gasteiger partial charge in [0.15, 0.2) is 6.61 Å². The number of hydrogen-bond donors (Lipinski definition) is 1. The summed E-state index contributed by atoms with van der Waals surface area (Å²) in [5.74, 6) is -1.14. The van der Waals surface area contributed by atoms with Gasteiger partial charge in [-0.15, -0.1) is 0 Å². The highest BCUT2D eigenvalue weighted by Crippen LogP contribution is 2.28. The van der Waals surface area contributed by atoms with Crippen molar-refractivity contribution < 1.29 is 19.0 Å². The van der Waals surface area contributed by atoms with Gasteiger partial charge in [-0.05, 0) is 31.5 Å². The molecular weight excluding hydrogens is 237 g/mol. The van der Waals surface area contributed by atoms with Crippen LogP contribution in [0.3, 0.4) is 0 Å². The molecule has 2 aromatic rings. The number of hydrogen-bond acceptors (Lipinski definition) is 3. The molecule has 0 radical (unpaired) electrons. The Morgan fingerprint density at radius 2 is 2.11 bits per heavy atom. The minimum absolute atomic E-state index is 0.336. The molecule has 1 heterocycles. The lowest BCUT2D eigenvalue weighted by atomic mass is 10.1. The van der Waals surface area contributed by atoms with Crippen molar-refractivity contribution in [1.29, 1.82) is 0 Å². The van der Waals surface area contributed by atoms with Crippen molar-refractivity contribution in [2.24, 2.45) is 0 Å². The summed E-state index contributed by atoms with van der Waals surface area (Å²) in [5, 5.41) is 9.10. The van der Waals surface area contributed by atoms with Crippen LogP contribution in [0.2, 0.25) is 0 Å². The molecule has 0 bridgehead atoms. The second kappa shape index (κ2) is 4.60. The fourth-order valence-corrected chi connectivity index (χ4v) is 1.81. The average molecular weight is 249 g/mol. The number of nitrogens with zero attached hydrogens (tertiary/aromatic N) is 1. The van der Waals surface area contributed by atoms with Crippen LogP contribution in [-0.4, -0.2) is 22.7 Å². The van der Waals surface area contributed by atoms with Gasteiger partial charge < -0.3 is 9.84 Å². The number of pyridine rings is 1. The predicted molar refractivity (Wildman–Crippen MR) is 64.3 cm³/mol. The first-order valence-electron chi connectivity index (χ1n) is 5.39. The molecule has 1 N–H and O–H groups in total. The van der Waals surface area contributed by atoms with Gasteiger partial charge in [0.25, 0.3) is 0 Å². The van der Waals surface area contributed by atoms with E-state index in [-0.39, 0.29) is 0 Å². The highest BCUT2D eigenvalue weighted by Gasteiger charge is 2.10. The number of carboxylic acid groups (broad SMARTS) is 1. The van der Waals surface area contributed by atoms with Crippen molar-refractivity contribution in [3.8, 4) is 5.75 Å². The smallest absolute Gasteiger partial charge is 0.341 e. The Labute approximate surface area is 103 Å². The quantitative estimate of drug-likeness (QED) is 0.907. The first-order chi connectivity index (χ1) is 8.47. The second-order valence-corrected chi connectivity index (χ2v) is 4.06. The van der Waals surface area contributed by atoms with Gasteiger partial charge in [0.2, 0.25) is 0 Å². The molecule has 2 rings (SSSR count). The van der Waals surface area contributed by atoms with E-state index in [1.807, 2.05) is 0 Å². The zero-order valence-corrected chi connectivity index (χ0v) is 10.0. The molecule has 0 saturated carbocycles. The van der Waals surface area contributed by atoms with Crippen LogP contribution >= 0.6 is 0 Å². The molecule has 1 aromatic heterocycles. The van der Waals surface area contributed by atoms with Gasteiger partial charge in [0.05, 0.1) is 5.52 Å². The third-order valence-corrected chi connectivity index (χ3v) is 2.51. The molecule has 94 valence electrons. The Hall–Kier alpha value is -2.17. The maximum Gasteiger partial charge on any atom is 0.341 e. The van der Waals surface area contributed by atoms with Crippen LogP contribution in [0.15, 0.2) is 18.2 Å². The van der Waals surface area contributed by atoms with E-state index in [9.17, 15) is 9.18 Å². The second-order valence-electron chi connectivity index (χ2n) is 4.06. The number of fused-ring (bicyclic) bond motifs is 1. The molecule has 0 aliphatic heterocycles. The van der Waals surface area contributed by atoms with Crippen molar-refractivity contribution in [2.75, 3.05) is 6.61 Å². The zero-order chi connectivity index (χ0) is 13.3. The maximum atomic E-state index is 13.4. The number of halogens is 1. The number of aryl methyl sites for hydroxylation is 2. The molecule has 0 amide bonds. The minimum Gasteiger partial charge on any atom is -0.481 e. The minimum atomic E-state index is -1.08.